The van der Waals surface area contributed by atoms with Crippen molar-refractivity contribution < 1.29 is 9.53 Å². The van der Waals surface area contributed by atoms with Gasteiger partial charge in [-0.3, -0.25) is 9.89 Å². The maximum absolute atomic E-state index is 12.4. The Kier molecular flexibility index (Phi) is 4.75. The topological polar surface area (TPSA) is 67.0 Å². The van der Waals surface area contributed by atoms with Gasteiger partial charge in [0.25, 0.3) is 5.91 Å². The first-order valence-electron chi connectivity index (χ1n) is 8.80. The summed E-state index contributed by atoms with van der Waals surface area (Å²) in [6.07, 6.45) is 1.84. The fourth-order valence-corrected chi connectivity index (χ4v) is 4.04. The first-order chi connectivity index (χ1) is 12.7. The van der Waals surface area contributed by atoms with E-state index in [-0.39, 0.29) is 5.91 Å². The first-order valence-corrected chi connectivity index (χ1v) is 9.62. The molecule has 26 heavy (non-hydrogen) atoms. The van der Waals surface area contributed by atoms with E-state index >= 15 is 0 Å². The second-order valence-corrected chi connectivity index (χ2v) is 7.89. The molecule has 3 aromatic rings. The number of fused-ring (bicyclic) bond motifs is 1. The lowest BCUT2D eigenvalue weighted by Crippen LogP contribution is -2.30. The molecule has 5 nitrogen and oxygen atoms in total. The first kappa shape index (κ1) is 16.8. The molecule has 0 bridgehead atoms. The van der Waals surface area contributed by atoms with Gasteiger partial charge in [0.15, 0.2) is 5.69 Å². The number of nitrogens with one attached hydrogen (secondary N) is 2. The molecule has 1 amide bonds. The molecule has 1 aliphatic rings. The Bertz CT molecular complexity index is 915. The van der Waals surface area contributed by atoms with E-state index in [0.717, 1.165) is 29.2 Å². The number of carbonyl (C=O) groups excluding carboxylic acids is 1. The molecule has 0 aliphatic carbocycles. The lowest BCUT2D eigenvalue weighted by Gasteiger charge is -2.14. The van der Waals surface area contributed by atoms with Gasteiger partial charge in [-0.25, -0.2) is 0 Å². The third-order valence-electron chi connectivity index (χ3n) is 4.63. The van der Waals surface area contributed by atoms with Crippen LogP contribution in [0.15, 0.2) is 42.5 Å². The molecule has 134 valence electrons. The molecule has 2 aromatic heterocycles. The Labute approximate surface area is 156 Å². The number of rotatable bonds is 4. The molecule has 3 heterocycles. The zero-order valence-corrected chi connectivity index (χ0v) is 15.4. The average Bonchev–Trinajstić information content (AvgIpc) is 3.24. The summed E-state index contributed by atoms with van der Waals surface area (Å²) in [5.74, 6) is 1.18. The number of nitrogens with zero attached hydrogens (tertiary/aromatic N) is 1. The van der Waals surface area contributed by atoms with Crippen LogP contribution >= 0.6 is 11.3 Å². The largest absolute Gasteiger partial charge is 0.493 e. The summed E-state index contributed by atoms with van der Waals surface area (Å²) >= 11 is 1.68. The molecule has 4 rings (SSSR count). The molecular weight excluding hydrogens is 346 g/mol. The molecular formula is C20H21N3O2S. The highest BCUT2D eigenvalue weighted by atomic mass is 32.1. The molecule has 0 spiro atoms. The summed E-state index contributed by atoms with van der Waals surface area (Å²) in [4.78, 5) is 14.8. The maximum atomic E-state index is 12.4. The number of aromatic nitrogens is 2. The van der Waals surface area contributed by atoms with Crippen molar-refractivity contribution in [3.8, 4) is 16.3 Å². The van der Waals surface area contributed by atoms with Crippen LogP contribution in [0.3, 0.4) is 0 Å². The minimum absolute atomic E-state index is 0.140. The number of hydrogen-bond acceptors (Lipinski definition) is 4. The lowest BCUT2D eigenvalue weighted by molar-refractivity contribution is 0.0940. The lowest BCUT2D eigenvalue weighted by atomic mass is 9.97. The molecule has 0 saturated carbocycles. The number of ether oxygens (including phenoxy) is 1. The Morgan fingerprint density at radius 2 is 2.23 bits per heavy atom. The summed E-state index contributed by atoms with van der Waals surface area (Å²) in [6, 6.07) is 14.0. The summed E-state index contributed by atoms with van der Waals surface area (Å²) in [5.41, 5.74) is 2.51. The van der Waals surface area contributed by atoms with Gasteiger partial charge in [-0.15, -0.1) is 11.3 Å². The van der Waals surface area contributed by atoms with E-state index < -0.39 is 0 Å². The zero-order chi connectivity index (χ0) is 17.9. The predicted molar refractivity (Wildman–Crippen MR) is 103 cm³/mol. The highest BCUT2D eigenvalue weighted by Gasteiger charge is 2.19. The number of thiophene rings is 1. The monoisotopic (exact) mass is 367 g/mol. The normalized spacial score (nSPS) is 16.4. The molecule has 1 unspecified atom stereocenters. The molecule has 2 N–H and O–H groups in total. The van der Waals surface area contributed by atoms with Crippen molar-refractivity contribution in [2.75, 3.05) is 13.2 Å². The van der Waals surface area contributed by atoms with Gasteiger partial charge in [0, 0.05) is 11.4 Å². The number of benzene rings is 1. The molecule has 0 radical (unpaired) electrons. The molecule has 0 saturated heterocycles. The average molecular weight is 367 g/mol. The number of H-pyrrole nitrogens is 1. The fraction of sp³-hybridized carbons (Fsp3) is 0.300. The van der Waals surface area contributed by atoms with Crippen molar-refractivity contribution in [1.82, 2.24) is 15.5 Å². The van der Waals surface area contributed by atoms with Crippen LogP contribution in [-0.4, -0.2) is 29.3 Å². The van der Waals surface area contributed by atoms with Crippen molar-refractivity contribution in [3.05, 3.63) is 58.6 Å². The van der Waals surface area contributed by atoms with Gasteiger partial charge >= 0.3 is 0 Å². The van der Waals surface area contributed by atoms with E-state index in [1.54, 1.807) is 11.3 Å². The molecule has 1 aliphatic heterocycles. The summed E-state index contributed by atoms with van der Waals surface area (Å²) in [5, 5.41) is 10.1. The molecule has 6 heteroatoms. The van der Waals surface area contributed by atoms with Crippen LogP contribution in [0.25, 0.3) is 10.6 Å². The summed E-state index contributed by atoms with van der Waals surface area (Å²) < 4.78 is 5.80. The van der Waals surface area contributed by atoms with Crippen LogP contribution in [0, 0.1) is 12.8 Å². The van der Waals surface area contributed by atoms with Crippen LogP contribution in [0.2, 0.25) is 0 Å². The number of hydrogen-bond donors (Lipinski definition) is 2. The van der Waals surface area contributed by atoms with E-state index in [9.17, 15) is 4.79 Å². The Morgan fingerprint density at radius 1 is 1.35 bits per heavy atom. The highest BCUT2D eigenvalue weighted by Crippen LogP contribution is 2.27. The molecule has 1 aromatic carbocycles. The summed E-state index contributed by atoms with van der Waals surface area (Å²) in [7, 11) is 0. The highest BCUT2D eigenvalue weighted by molar-refractivity contribution is 7.15. The van der Waals surface area contributed by atoms with Crippen LogP contribution < -0.4 is 10.1 Å². The second-order valence-electron chi connectivity index (χ2n) is 6.60. The van der Waals surface area contributed by atoms with Gasteiger partial charge in [0.2, 0.25) is 0 Å². The van der Waals surface area contributed by atoms with Gasteiger partial charge in [-0.1, -0.05) is 18.2 Å². The third-order valence-corrected chi connectivity index (χ3v) is 5.67. The second kappa shape index (κ2) is 7.33. The third kappa shape index (κ3) is 3.65. The number of amides is 1. The number of aromatic amines is 1. The quantitative estimate of drug-likeness (QED) is 0.737. The van der Waals surface area contributed by atoms with E-state index in [0.29, 0.717) is 24.8 Å². The van der Waals surface area contributed by atoms with Crippen molar-refractivity contribution in [1.29, 1.82) is 0 Å². The van der Waals surface area contributed by atoms with Crippen LogP contribution in [0.4, 0.5) is 0 Å². The SMILES string of the molecule is Cc1ccc(-c2cc(C(=O)NCC3CCOc4ccccc4C3)n[nH]2)s1. The van der Waals surface area contributed by atoms with E-state index in [4.69, 9.17) is 4.74 Å². The Balaban J connectivity index is 1.38. The van der Waals surface area contributed by atoms with E-state index in [1.807, 2.05) is 30.3 Å². The van der Waals surface area contributed by atoms with Gasteiger partial charge < -0.3 is 10.1 Å². The fourth-order valence-electron chi connectivity index (χ4n) is 3.21. The Morgan fingerprint density at radius 3 is 3.08 bits per heavy atom. The smallest absolute Gasteiger partial charge is 0.271 e. The van der Waals surface area contributed by atoms with E-state index in [2.05, 4.69) is 34.6 Å². The van der Waals surface area contributed by atoms with Crippen LogP contribution in [0.5, 0.6) is 5.75 Å². The standard InChI is InChI=1S/C20H21N3O2S/c1-13-6-7-19(26-13)16-11-17(23-22-16)20(24)21-12-14-8-9-25-18-5-3-2-4-15(18)10-14/h2-7,11,14H,8-10,12H2,1H3,(H,21,24)(H,22,23). The van der Waals surface area contributed by atoms with Crippen molar-refractivity contribution in [3.63, 3.8) is 0 Å². The van der Waals surface area contributed by atoms with Gasteiger partial charge in [0.05, 0.1) is 17.2 Å². The molecule has 1 atom stereocenters. The zero-order valence-electron chi connectivity index (χ0n) is 14.6. The number of para-hydroxylation sites is 1. The Hall–Kier alpha value is -2.60. The van der Waals surface area contributed by atoms with Crippen molar-refractivity contribution in [2.45, 2.75) is 19.8 Å². The van der Waals surface area contributed by atoms with Crippen molar-refractivity contribution >= 4 is 17.2 Å². The van der Waals surface area contributed by atoms with Crippen LogP contribution in [-0.2, 0) is 6.42 Å². The van der Waals surface area contributed by atoms with Crippen LogP contribution in [0.1, 0.15) is 27.3 Å². The molecule has 0 fully saturated rings. The van der Waals surface area contributed by atoms with Gasteiger partial charge in [-0.2, -0.15) is 5.10 Å². The predicted octanol–water partition coefficient (Wildman–Crippen LogP) is 3.82. The minimum Gasteiger partial charge on any atom is -0.493 e. The van der Waals surface area contributed by atoms with E-state index in [1.165, 1.54) is 10.4 Å². The number of carbonyl (C=O) groups is 1. The number of aryl methyl sites for hydroxylation is 1. The van der Waals surface area contributed by atoms with Gasteiger partial charge in [0.1, 0.15) is 5.75 Å². The van der Waals surface area contributed by atoms with Gasteiger partial charge in [-0.05, 0) is 55.5 Å². The summed E-state index contributed by atoms with van der Waals surface area (Å²) in [6.45, 7) is 3.37. The van der Waals surface area contributed by atoms with Crippen molar-refractivity contribution in [2.24, 2.45) is 5.92 Å². The minimum atomic E-state index is -0.140. The maximum Gasteiger partial charge on any atom is 0.271 e.